The maximum Gasteiger partial charge on any atom is 0.0503 e. The molecule has 2 aliphatic carbocycles. The van der Waals surface area contributed by atoms with Gasteiger partial charge < -0.3 is 5.32 Å². The summed E-state index contributed by atoms with van der Waals surface area (Å²) in [4.78, 5) is 0. The SMILES string of the molecule is CNC1CCC(C)CC1S(=O)CC1CCCC1. The van der Waals surface area contributed by atoms with Gasteiger partial charge in [-0.1, -0.05) is 19.8 Å². The Balaban J connectivity index is 1.90. The summed E-state index contributed by atoms with van der Waals surface area (Å²) in [5.74, 6) is 2.48. The highest BCUT2D eigenvalue weighted by Crippen LogP contribution is 2.31. The minimum absolute atomic E-state index is 0.407. The molecule has 2 nitrogen and oxygen atoms in total. The molecule has 0 spiro atoms. The summed E-state index contributed by atoms with van der Waals surface area (Å²) in [5, 5.41) is 3.79. The van der Waals surface area contributed by atoms with Gasteiger partial charge in [-0.15, -0.1) is 0 Å². The van der Waals surface area contributed by atoms with E-state index in [1.807, 2.05) is 7.05 Å². The largest absolute Gasteiger partial charge is 0.316 e. The monoisotopic (exact) mass is 257 g/mol. The molecular weight excluding hydrogens is 230 g/mol. The van der Waals surface area contributed by atoms with Gasteiger partial charge in [0.25, 0.3) is 0 Å². The van der Waals surface area contributed by atoms with Crippen molar-refractivity contribution in [3.05, 3.63) is 0 Å². The molecule has 0 aromatic rings. The van der Waals surface area contributed by atoms with Gasteiger partial charge in [-0.25, -0.2) is 0 Å². The number of hydrogen-bond donors (Lipinski definition) is 1. The average molecular weight is 257 g/mol. The normalized spacial score (nSPS) is 37.2. The van der Waals surface area contributed by atoms with Crippen LogP contribution in [0.5, 0.6) is 0 Å². The van der Waals surface area contributed by atoms with Crippen molar-refractivity contribution in [2.45, 2.75) is 63.2 Å². The van der Waals surface area contributed by atoms with Gasteiger partial charge in [0.05, 0.1) is 5.25 Å². The molecule has 0 aromatic heterocycles. The van der Waals surface area contributed by atoms with E-state index in [4.69, 9.17) is 0 Å². The molecule has 4 atom stereocenters. The van der Waals surface area contributed by atoms with Gasteiger partial charge in [-0.3, -0.25) is 4.21 Å². The summed E-state index contributed by atoms with van der Waals surface area (Å²) < 4.78 is 12.5. The zero-order valence-corrected chi connectivity index (χ0v) is 12.1. The first-order chi connectivity index (χ1) is 8.20. The second kappa shape index (κ2) is 6.33. The van der Waals surface area contributed by atoms with E-state index in [-0.39, 0.29) is 0 Å². The van der Waals surface area contributed by atoms with Gasteiger partial charge in [0.15, 0.2) is 0 Å². The van der Waals surface area contributed by atoms with Crippen LogP contribution in [0.4, 0.5) is 0 Å². The van der Waals surface area contributed by atoms with Gasteiger partial charge in [0.2, 0.25) is 0 Å². The lowest BCUT2D eigenvalue weighted by Gasteiger charge is -2.34. The Kier molecular flexibility index (Phi) is 5.04. The molecule has 2 rings (SSSR count). The maximum absolute atomic E-state index is 12.5. The van der Waals surface area contributed by atoms with Crippen LogP contribution in [-0.2, 0) is 10.8 Å². The highest BCUT2D eigenvalue weighted by atomic mass is 32.2. The lowest BCUT2D eigenvalue weighted by molar-refractivity contribution is 0.324. The summed E-state index contributed by atoms with van der Waals surface area (Å²) in [5.41, 5.74) is 0. The van der Waals surface area contributed by atoms with Crippen molar-refractivity contribution in [3.63, 3.8) is 0 Å². The van der Waals surface area contributed by atoms with Crippen LogP contribution in [0.2, 0.25) is 0 Å². The molecule has 17 heavy (non-hydrogen) atoms. The van der Waals surface area contributed by atoms with Crippen molar-refractivity contribution in [2.75, 3.05) is 12.8 Å². The van der Waals surface area contributed by atoms with Crippen molar-refractivity contribution >= 4 is 10.8 Å². The summed E-state index contributed by atoms with van der Waals surface area (Å²) >= 11 is 0. The fourth-order valence-electron chi connectivity index (χ4n) is 3.48. The Labute approximate surface area is 108 Å². The first-order valence-electron chi connectivity index (χ1n) is 7.25. The van der Waals surface area contributed by atoms with E-state index in [0.717, 1.165) is 24.0 Å². The lowest BCUT2D eigenvalue weighted by atomic mass is 9.87. The van der Waals surface area contributed by atoms with E-state index in [2.05, 4.69) is 12.2 Å². The fraction of sp³-hybridized carbons (Fsp3) is 1.00. The van der Waals surface area contributed by atoms with Crippen LogP contribution >= 0.6 is 0 Å². The molecule has 0 saturated heterocycles. The molecule has 1 N–H and O–H groups in total. The highest BCUT2D eigenvalue weighted by molar-refractivity contribution is 7.85. The van der Waals surface area contributed by atoms with Gasteiger partial charge in [0.1, 0.15) is 0 Å². The molecule has 0 heterocycles. The van der Waals surface area contributed by atoms with Gasteiger partial charge >= 0.3 is 0 Å². The third-order valence-electron chi connectivity index (χ3n) is 4.64. The lowest BCUT2D eigenvalue weighted by Crippen LogP contribution is -2.45. The Hall–Kier alpha value is 0.110. The molecule has 2 aliphatic rings. The predicted molar refractivity (Wildman–Crippen MR) is 74.6 cm³/mol. The van der Waals surface area contributed by atoms with E-state index >= 15 is 0 Å². The van der Waals surface area contributed by atoms with E-state index in [1.54, 1.807) is 0 Å². The molecule has 4 unspecified atom stereocenters. The second-order valence-corrected chi connectivity index (χ2v) is 7.75. The van der Waals surface area contributed by atoms with Crippen molar-refractivity contribution in [1.29, 1.82) is 0 Å². The van der Waals surface area contributed by atoms with Crippen LogP contribution in [0.25, 0.3) is 0 Å². The molecule has 0 aromatic carbocycles. The molecule has 0 amide bonds. The highest BCUT2D eigenvalue weighted by Gasteiger charge is 2.33. The van der Waals surface area contributed by atoms with Gasteiger partial charge in [0, 0.05) is 22.6 Å². The van der Waals surface area contributed by atoms with Crippen LogP contribution in [0, 0.1) is 11.8 Å². The predicted octanol–water partition coefficient (Wildman–Crippen LogP) is 2.70. The van der Waals surface area contributed by atoms with E-state index < -0.39 is 10.8 Å². The van der Waals surface area contributed by atoms with Gasteiger partial charge in [-0.05, 0) is 51.0 Å². The number of rotatable bonds is 4. The Bertz CT molecular complexity index is 263. The van der Waals surface area contributed by atoms with Crippen LogP contribution in [0.15, 0.2) is 0 Å². The Morgan fingerprint density at radius 2 is 1.88 bits per heavy atom. The van der Waals surface area contributed by atoms with E-state index in [0.29, 0.717) is 11.3 Å². The van der Waals surface area contributed by atoms with Gasteiger partial charge in [-0.2, -0.15) is 0 Å². The minimum atomic E-state index is -0.609. The van der Waals surface area contributed by atoms with Crippen LogP contribution in [-0.4, -0.2) is 28.3 Å². The minimum Gasteiger partial charge on any atom is -0.316 e. The molecule has 2 fully saturated rings. The number of nitrogens with one attached hydrogen (secondary N) is 1. The van der Waals surface area contributed by atoms with Crippen molar-refractivity contribution in [2.24, 2.45) is 11.8 Å². The molecule has 2 saturated carbocycles. The number of hydrogen-bond acceptors (Lipinski definition) is 2. The van der Waals surface area contributed by atoms with E-state index in [9.17, 15) is 4.21 Å². The smallest absolute Gasteiger partial charge is 0.0503 e. The molecule has 0 radical (unpaired) electrons. The van der Waals surface area contributed by atoms with Crippen LogP contribution in [0.1, 0.15) is 51.9 Å². The molecule has 0 aliphatic heterocycles. The van der Waals surface area contributed by atoms with Crippen LogP contribution in [0.3, 0.4) is 0 Å². The summed E-state index contributed by atoms with van der Waals surface area (Å²) in [6.07, 6.45) is 9.01. The first kappa shape index (κ1) is 13.5. The van der Waals surface area contributed by atoms with Crippen LogP contribution < -0.4 is 5.32 Å². The van der Waals surface area contributed by atoms with Crippen molar-refractivity contribution in [3.8, 4) is 0 Å². The third-order valence-corrected chi connectivity index (χ3v) is 6.63. The van der Waals surface area contributed by atoms with E-state index in [1.165, 1.54) is 38.5 Å². The quantitative estimate of drug-likeness (QED) is 0.839. The zero-order chi connectivity index (χ0) is 12.3. The average Bonchev–Trinajstić information content (AvgIpc) is 2.81. The summed E-state index contributed by atoms with van der Waals surface area (Å²) in [6.45, 7) is 2.31. The second-order valence-electron chi connectivity index (χ2n) is 6.05. The third kappa shape index (κ3) is 3.54. The molecule has 3 heteroatoms. The van der Waals surface area contributed by atoms with Crippen molar-refractivity contribution < 1.29 is 4.21 Å². The van der Waals surface area contributed by atoms with Crippen molar-refractivity contribution in [1.82, 2.24) is 5.32 Å². The summed E-state index contributed by atoms with van der Waals surface area (Å²) in [6, 6.07) is 0.494. The standard InChI is InChI=1S/C14H27NOS/c1-11-7-8-13(15-2)14(9-11)17(16)10-12-5-3-4-6-12/h11-15H,3-10H2,1-2H3. The topological polar surface area (TPSA) is 29.1 Å². The maximum atomic E-state index is 12.5. The molecule has 100 valence electrons. The fourth-order valence-corrected chi connectivity index (χ4v) is 5.71. The Morgan fingerprint density at radius 3 is 2.53 bits per heavy atom. The summed E-state index contributed by atoms with van der Waals surface area (Å²) in [7, 11) is 1.42. The zero-order valence-electron chi connectivity index (χ0n) is 11.3. The Morgan fingerprint density at radius 1 is 1.18 bits per heavy atom. The molecular formula is C14H27NOS. The first-order valence-corrected chi connectivity index (χ1v) is 8.63. The molecule has 0 bridgehead atoms.